The molecular formula is C13H12FN3O3. The Morgan fingerprint density at radius 1 is 1.45 bits per heavy atom. The van der Waals surface area contributed by atoms with Crippen molar-refractivity contribution in [2.45, 2.75) is 6.92 Å². The van der Waals surface area contributed by atoms with Gasteiger partial charge in [-0.05, 0) is 25.1 Å². The number of aromatic nitrogens is 2. The lowest BCUT2D eigenvalue weighted by Gasteiger charge is -2.08. The maximum absolute atomic E-state index is 13.7. The first-order valence-corrected chi connectivity index (χ1v) is 5.85. The molecule has 0 atom stereocenters. The van der Waals surface area contributed by atoms with E-state index in [-0.39, 0.29) is 11.3 Å². The third-order valence-corrected chi connectivity index (χ3v) is 2.38. The van der Waals surface area contributed by atoms with Crippen LogP contribution in [-0.4, -0.2) is 27.7 Å². The summed E-state index contributed by atoms with van der Waals surface area (Å²) in [7, 11) is 0. The van der Waals surface area contributed by atoms with Gasteiger partial charge in [-0.25, -0.2) is 9.18 Å². The molecule has 6 nitrogen and oxygen atoms in total. The highest BCUT2D eigenvalue weighted by Gasteiger charge is 2.09. The summed E-state index contributed by atoms with van der Waals surface area (Å²) in [6.45, 7) is 2.26. The number of aromatic carboxylic acids is 1. The van der Waals surface area contributed by atoms with Crippen LogP contribution in [0.25, 0.3) is 0 Å². The number of carbonyl (C=O) groups is 1. The summed E-state index contributed by atoms with van der Waals surface area (Å²) in [5, 5.41) is 11.5. The number of rotatable bonds is 5. The van der Waals surface area contributed by atoms with Crippen molar-refractivity contribution in [2.75, 3.05) is 11.9 Å². The molecule has 0 radical (unpaired) electrons. The van der Waals surface area contributed by atoms with Crippen molar-refractivity contribution >= 4 is 17.5 Å². The van der Waals surface area contributed by atoms with E-state index in [9.17, 15) is 9.18 Å². The van der Waals surface area contributed by atoms with Crippen LogP contribution in [0.4, 0.5) is 15.9 Å². The zero-order valence-corrected chi connectivity index (χ0v) is 10.6. The van der Waals surface area contributed by atoms with E-state index in [0.717, 1.165) is 6.07 Å². The van der Waals surface area contributed by atoms with E-state index >= 15 is 0 Å². The summed E-state index contributed by atoms with van der Waals surface area (Å²) in [6.07, 6.45) is 2.85. The van der Waals surface area contributed by atoms with E-state index in [1.54, 1.807) is 0 Å². The number of ether oxygens (including phenoxy) is 1. The van der Waals surface area contributed by atoms with Crippen LogP contribution in [0.5, 0.6) is 5.88 Å². The number of halogens is 1. The molecule has 0 saturated heterocycles. The van der Waals surface area contributed by atoms with Crippen molar-refractivity contribution < 1.29 is 19.0 Å². The minimum absolute atomic E-state index is 0.109. The van der Waals surface area contributed by atoms with Crippen molar-refractivity contribution in [3.8, 4) is 5.88 Å². The molecule has 0 amide bonds. The molecule has 2 aromatic rings. The molecular weight excluding hydrogens is 265 g/mol. The lowest BCUT2D eigenvalue weighted by atomic mass is 10.2. The Bertz CT molecular complexity index is 634. The third kappa shape index (κ3) is 3.19. The Balaban J connectivity index is 2.21. The second kappa shape index (κ2) is 5.96. The molecule has 0 unspecified atom stereocenters. The van der Waals surface area contributed by atoms with Crippen molar-refractivity contribution in [3.63, 3.8) is 0 Å². The number of benzene rings is 1. The van der Waals surface area contributed by atoms with E-state index in [4.69, 9.17) is 9.84 Å². The molecule has 0 aliphatic rings. The number of nitrogens with one attached hydrogen (secondary N) is 1. The zero-order valence-electron chi connectivity index (χ0n) is 10.6. The van der Waals surface area contributed by atoms with Gasteiger partial charge in [-0.15, -0.1) is 0 Å². The average Bonchev–Trinajstić information content (AvgIpc) is 2.42. The highest BCUT2D eigenvalue weighted by atomic mass is 19.1. The molecule has 7 heteroatoms. The number of hydrogen-bond acceptors (Lipinski definition) is 5. The highest BCUT2D eigenvalue weighted by Crippen LogP contribution is 2.20. The SMILES string of the molecule is CCOc1cncc(Nc2ccc(C(=O)O)cc2F)n1. The Hall–Kier alpha value is -2.70. The smallest absolute Gasteiger partial charge is 0.335 e. The van der Waals surface area contributed by atoms with Crippen LogP contribution in [0.2, 0.25) is 0 Å². The normalized spacial score (nSPS) is 10.1. The van der Waals surface area contributed by atoms with Crippen molar-refractivity contribution in [3.05, 3.63) is 42.0 Å². The van der Waals surface area contributed by atoms with E-state index in [1.165, 1.54) is 24.5 Å². The van der Waals surface area contributed by atoms with Gasteiger partial charge < -0.3 is 15.2 Å². The lowest BCUT2D eigenvalue weighted by molar-refractivity contribution is 0.0696. The third-order valence-electron chi connectivity index (χ3n) is 2.38. The molecule has 2 rings (SSSR count). The minimum atomic E-state index is -1.19. The first kappa shape index (κ1) is 13.7. The quantitative estimate of drug-likeness (QED) is 0.873. The molecule has 0 aliphatic carbocycles. The van der Waals surface area contributed by atoms with Crippen LogP contribution in [0.3, 0.4) is 0 Å². The van der Waals surface area contributed by atoms with Gasteiger partial charge >= 0.3 is 5.97 Å². The van der Waals surface area contributed by atoms with Gasteiger partial charge in [0.05, 0.1) is 30.3 Å². The van der Waals surface area contributed by atoms with Crippen molar-refractivity contribution in [1.82, 2.24) is 9.97 Å². The van der Waals surface area contributed by atoms with Crippen LogP contribution < -0.4 is 10.1 Å². The van der Waals surface area contributed by atoms with Crippen LogP contribution in [-0.2, 0) is 0 Å². The molecule has 1 aromatic carbocycles. The molecule has 0 aliphatic heterocycles. The van der Waals surface area contributed by atoms with Gasteiger partial charge in [0.25, 0.3) is 0 Å². The second-order valence-corrected chi connectivity index (χ2v) is 3.80. The summed E-state index contributed by atoms with van der Waals surface area (Å²) in [5.41, 5.74) is -0.0138. The summed E-state index contributed by atoms with van der Waals surface area (Å²) in [6, 6.07) is 3.56. The highest BCUT2D eigenvalue weighted by molar-refractivity contribution is 5.88. The topological polar surface area (TPSA) is 84.3 Å². The molecule has 104 valence electrons. The fourth-order valence-corrected chi connectivity index (χ4v) is 1.51. The van der Waals surface area contributed by atoms with Gasteiger partial charge in [0.2, 0.25) is 5.88 Å². The largest absolute Gasteiger partial charge is 0.478 e. The number of anilines is 2. The Labute approximate surface area is 114 Å². The molecule has 0 bridgehead atoms. The molecule has 1 heterocycles. The fourth-order valence-electron chi connectivity index (χ4n) is 1.51. The Morgan fingerprint density at radius 2 is 2.25 bits per heavy atom. The zero-order chi connectivity index (χ0) is 14.5. The molecule has 0 fully saturated rings. The molecule has 20 heavy (non-hydrogen) atoms. The number of hydrogen-bond donors (Lipinski definition) is 2. The number of carboxylic acid groups (broad SMARTS) is 1. The molecule has 1 aromatic heterocycles. The first-order valence-electron chi connectivity index (χ1n) is 5.85. The van der Waals surface area contributed by atoms with Crippen LogP contribution in [0.1, 0.15) is 17.3 Å². The molecule has 2 N–H and O–H groups in total. The maximum Gasteiger partial charge on any atom is 0.335 e. The fraction of sp³-hybridized carbons (Fsp3) is 0.154. The number of nitrogens with zero attached hydrogens (tertiary/aromatic N) is 2. The van der Waals surface area contributed by atoms with Gasteiger partial charge in [0, 0.05) is 0 Å². The van der Waals surface area contributed by atoms with Crippen LogP contribution in [0, 0.1) is 5.82 Å². The maximum atomic E-state index is 13.7. The Kier molecular flexibility index (Phi) is 4.09. The van der Waals surface area contributed by atoms with E-state index in [2.05, 4.69) is 15.3 Å². The van der Waals surface area contributed by atoms with E-state index < -0.39 is 11.8 Å². The standard InChI is InChI=1S/C13H12FN3O3/c1-2-20-12-7-15-6-11(17-12)16-10-4-3-8(13(18)19)5-9(10)14/h3-7H,2H2,1H3,(H,16,17)(H,18,19). The minimum Gasteiger partial charge on any atom is -0.478 e. The first-order chi connectivity index (χ1) is 9.60. The van der Waals surface area contributed by atoms with E-state index in [1.807, 2.05) is 6.92 Å². The lowest BCUT2D eigenvalue weighted by Crippen LogP contribution is -2.02. The van der Waals surface area contributed by atoms with Crippen LogP contribution in [0.15, 0.2) is 30.6 Å². The average molecular weight is 277 g/mol. The van der Waals surface area contributed by atoms with Gasteiger partial charge in [-0.2, -0.15) is 4.98 Å². The van der Waals surface area contributed by atoms with Gasteiger partial charge in [0.1, 0.15) is 5.82 Å². The monoisotopic (exact) mass is 277 g/mol. The molecule has 0 saturated carbocycles. The van der Waals surface area contributed by atoms with Crippen molar-refractivity contribution in [2.24, 2.45) is 0 Å². The number of carboxylic acids is 1. The van der Waals surface area contributed by atoms with Crippen molar-refractivity contribution in [1.29, 1.82) is 0 Å². The summed E-state index contributed by atoms with van der Waals surface area (Å²) < 4.78 is 18.9. The summed E-state index contributed by atoms with van der Waals surface area (Å²) in [5.74, 6) is -1.25. The van der Waals surface area contributed by atoms with Gasteiger partial charge in [-0.1, -0.05) is 0 Å². The Morgan fingerprint density at radius 3 is 2.90 bits per heavy atom. The van der Waals surface area contributed by atoms with Gasteiger partial charge in [-0.3, -0.25) is 4.98 Å². The predicted octanol–water partition coefficient (Wildman–Crippen LogP) is 2.46. The van der Waals surface area contributed by atoms with Crippen LogP contribution >= 0.6 is 0 Å². The summed E-state index contributed by atoms with van der Waals surface area (Å²) >= 11 is 0. The van der Waals surface area contributed by atoms with E-state index in [0.29, 0.717) is 18.3 Å². The predicted molar refractivity (Wildman–Crippen MR) is 69.8 cm³/mol. The summed E-state index contributed by atoms with van der Waals surface area (Å²) in [4.78, 5) is 18.7. The second-order valence-electron chi connectivity index (χ2n) is 3.80. The van der Waals surface area contributed by atoms with Gasteiger partial charge in [0.15, 0.2) is 5.82 Å². The molecule has 0 spiro atoms.